The number of nitrogens with zero attached hydrogens (tertiary/aromatic N) is 2. The summed E-state index contributed by atoms with van der Waals surface area (Å²) in [5.41, 5.74) is 2.52. The van der Waals surface area contributed by atoms with Gasteiger partial charge in [0, 0.05) is 12.1 Å². The van der Waals surface area contributed by atoms with Crippen LogP contribution in [0.2, 0.25) is 0 Å². The first-order valence-corrected chi connectivity index (χ1v) is 14.2. The molecule has 5 rings (SSSR count). The Morgan fingerprint density at radius 2 is 1.86 bits per heavy atom. The van der Waals surface area contributed by atoms with Crippen molar-refractivity contribution < 1.29 is 14.0 Å². The molecule has 196 valence electrons. The highest BCUT2D eigenvalue weighted by molar-refractivity contribution is 7.18. The van der Waals surface area contributed by atoms with Gasteiger partial charge in [-0.05, 0) is 69.3 Å². The Morgan fingerprint density at radius 3 is 2.62 bits per heavy atom. The van der Waals surface area contributed by atoms with E-state index in [1.165, 1.54) is 18.6 Å². The third kappa shape index (κ3) is 5.41. The Hall–Kier alpha value is -2.84. The number of likely N-dealkylation sites (tertiary alicyclic amines) is 1. The van der Waals surface area contributed by atoms with E-state index >= 15 is 0 Å². The van der Waals surface area contributed by atoms with Crippen molar-refractivity contribution in [1.82, 2.24) is 20.5 Å². The molecule has 3 atom stereocenters. The van der Waals surface area contributed by atoms with Crippen molar-refractivity contribution in [1.29, 1.82) is 0 Å². The zero-order valence-corrected chi connectivity index (χ0v) is 22.3. The van der Waals surface area contributed by atoms with Crippen molar-refractivity contribution in [2.75, 3.05) is 13.6 Å². The summed E-state index contributed by atoms with van der Waals surface area (Å²) < 4.78 is 15.0. The Morgan fingerprint density at radius 1 is 1.08 bits per heavy atom. The molecule has 1 saturated heterocycles. The quantitative estimate of drug-likeness (QED) is 0.433. The lowest BCUT2D eigenvalue weighted by Gasteiger charge is -2.35. The average molecular weight is 523 g/mol. The minimum atomic E-state index is -0.513. The summed E-state index contributed by atoms with van der Waals surface area (Å²) in [7, 11) is 1.75. The molecule has 2 aliphatic rings. The molecule has 2 N–H and O–H groups in total. The van der Waals surface area contributed by atoms with E-state index in [4.69, 9.17) is 4.98 Å². The molecule has 2 amide bonds. The number of benzene rings is 2. The number of carbonyl (C=O) groups excluding carboxylic acids is 2. The highest BCUT2D eigenvalue weighted by Gasteiger charge is 2.40. The highest BCUT2D eigenvalue weighted by atomic mass is 32.1. The van der Waals surface area contributed by atoms with Gasteiger partial charge in [0.25, 0.3) is 0 Å². The third-order valence-electron chi connectivity index (χ3n) is 7.90. The van der Waals surface area contributed by atoms with Gasteiger partial charge in [-0.1, -0.05) is 43.5 Å². The SMILES string of the molecule is CN[C@@H](C)C(=O)N[C@H](C(=O)N1CCC[C@@H]1c1nc2c(-c3cccc(F)c3)cccc2s1)C1CCCCC1. The van der Waals surface area contributed by atoms with Gasteiger partial charge in [-0.25, -0.2) is 9.37 Å². The second-order valence-electron chi connectivity index (χ2n) is 10.3. The number of rotatable bonds is 7. The molecule has 0 spiro atoms. The van der Waals surface area contributed by atoms with E-state index in [1.54, 1.807) is 24.5 Å². The van der Waals surface area contributed by atoms with Crippen molar-refractivity contribution in [3.63, 3.8) is 0 Å². The monoisotopic (exact) mass is 522 g/mol. The molecule has 0 bridgehead atoms. The van der Waals surface area contributed by atoms with Crippen LogP contribution in [0.3, 0.4) is 0 Å². The van der Waals surface area contributed by atoms with Gasteiger partial charge in [0.2, 0.25) is 11.8 Å². The van der Waals surface area contributed by atoms with Gasteiger partial charge in [-0.15, -0.1) is 11.3 Å². The predicted molar refractivity (Wildman–Crippen MR) is 146 cm³/mol. The van der Waals surface area contributed by atoms with Crippen LogP contribution in [0.25, 0.3) is 21.3 Å². The number of likely N-dealkylation sites (N-methyl/N-ethyl adjacent to an activating group) is 1. The number of aromatic nitrogens is 1. The number of carbonyl (C=O) groups is 2. The van der Waals surface area contributed by atoms with Crippen molar-refractivity contribution in [2.24, 2.45) is 5.92 Å². The van der Waals surface area contributed by atoms with E-state index in [1.807, 2.05) is 36.1 Å². The van der Waals surface area contributed by atoms with Crippen molar-refractivity contribution >= 4 is 33.4 Å². The lowest BCUT2D eigenvalue weighted by atomic mass is 9.83. The molecule has 0 radical (unpaired) electrons. The smallest absolute Gasteiger partial charge is 0.246 e. The fraction of sp³-hybridized carbons (Fsp3) is 0.483. The Kier molecular flexibility index (Phi) is 7.86. The molecule has 0 unspecified atom stereocenters. The molecule has 1 aliphatic carbocycles. The maximum absolute atomic E-state index is 14.0. The van der Waals surface area contributed by atoms with Crippen LogP contribution < -0.4 is 10.6 Å². The first kappa shape index (κ1) is 25.8. The third-order valence-corrected chi connectivity index (χ3v) is 9.03. The number of thiazole rings is 1. The van der Waals surface area contributed by atoms with Crippen LogP contribution in [0.5, 0.6) is 0 Å². The summed E-state index contributed by atoms with van der Waals surface area (Å²) in [6.45, 7) is 2.48. The van der Waals surface area contributed by atoms with Crippen LogP contribution in [-0.2, 0) is 9.59 Å². The second kappa shape index (κ2) is 11.3. The molecule has 6 nitrogen and oxygen atoms in total. The molecule has 2 fully saturated rings. The van der Waals surface area contributed by atoms with E-state index in [9.17, 15) is 14.0 Å². The first-order valence-electron chi connectivity index (χ1n) is 13.4. The molecule has 1 saturated carbocycles. The lowest BCUT2D eigenvalue weighted by molar-refractivity contribution is -0.139. The van der Waals surface area contributed by atoms with Crippen LogP contribution in [-0.4, -0.2) is 47.4 Å². The fourth-order valence-electron chi connectivity index (χ4n) is 5.72. The normalized spacial score (nSPS) is 20.2. The molecule has 1 aliphatic heterocycles. The average Bonchev–Trinajstić information content (AvgIpc) is 3.58. The molecule has 1 aromatic heterocycles. The lowest BCUT2D eigenvalue weighted by Crippen LogP contribution is -2.55. The van der Waals surface area contributed by atoms with Crippen LogP contribution in [0.4, 0.5) is 4.39 Å². The summed E-state index contributed by atoms with van der Waals surface area (Å²) in [6, 6.07) is 11.6. The van der Waals surface area contributed by atoms with Crippen LogP contribution in [0, 0.1) is 11.7 Å². The molecule has 2 aromatic carbocycles. The molecular weight excluding hydrogens is 487 g/mol. The largest absolute Gasteiger partial charge is 0.343 e. The van der Waals surface area contributed by atoms with E-state index in [0.29, 0.717) is 6.54 Å². The maximum Gasteiger partial charge on any atom is 0.246 e. The Bertz CT molecular complexity index is 1270. The highest BCUT2D eigenvalue weighted by Crippen LogP contribution is 2.40. The van der Waals surface area contributed by atoms with Gasteiger partial charge in [-0.3, -0.25) is 9.59 Å². The summed E-state index contributed by atoms with van der Waals surface area (Å²) in [4.78, 5) is 33.8. The molecule has 37 heavy (non-hydrogen) atoms. The zero-order chi connectivity index (χ0) is 25.9. The van der Waals surface area contributed by atoms with Crippen LogP contribution in [0.1, 0.15) is 62.9 Å². The number of halogens is 1. The van der Waals surface area contributed by atoms with Gasteiger partial charge in [0.15, 0.2) is 0 Å². The van der Waals surface area contributed by atoms with Gasteiger partial charge in [-0.2, -0.15) is 0 Å². The van der Waals surface area contributed by atoms with Crippen molar-refractivity contribution in [2.45, 2.75) is 70.0 Å². The van der Waals surface area contributed by atoms with E-state index in [0.717, 1.165) is 64.9 Å². The van der Waals surface area contributed by atoms with Gasteiger partial charge < -0.3 is 15.5 Å². The summed E-state index contributed by atoms with van der Waals surface area (Å²) in [6.07, 6.45) is 7.04. The standard InChI is InChI=1S/C29H35FN4O2S/c1-18(31-2)27(35)32-25(19-9-4-3-5-10-19)29(36)34-16-8-14-23(34)28-33-26-22(13-7-15-24(26)37-28)20-11-6-12-21(30)17-20/h6-7,11-13,15,17-19,23,25,31H,3-5,8-10,14,16H2,1-2H3,(H,32,35)/t18-,23+,25-/m0/s1. The fourth-order valence-corrected chi connectivity index (χ4v) is 6.86. The second-order valence-corrected chi connectivity index (χ2v) is 11.4. The number of hydrogen-bond acceptors (Lipinski definition) is 5. The maximum atomic E-state index is 14.0. The Labute approximate surface area is 221 Å². The number of hydrogen-bond donors (Lipinski definition) is 2. The Balaban J connectivity index is 1.44. The van der Waals surface area contributed by atoms with Gasteiger partial charge >= 0.3 is 0 Å². The number of para-hydroxylation sites is 1. The number of amides is 2. The predicted octanol–water partition coefficient (Wildman–Crippen LogP) is 5.44. The molecular formula is C29H35FN4O2S. The molecule has 8 heteroatoms. The van der Waals surface area contributed by atoms with E-state index in [2.05, 4.69) is 10.6 Å². The van der Waals surface area contributed by atoms with Gasteiger partial charge in [0.05, 0.1) is 22.3 Å². The molecule has 3 aromatic rings. The van der Waals surface area contributed by atoms with Crippen LogP contribution in [0.15, 0.2) is 42.5 Å². The number of nitrogens with one attached hydrogen (secondary N) is 2. The van der Waals surface area contributed by atoms with Crippen LogP contribution >= 0.6 is 11.3 Å². The molecule has 2 heterocycles. The summed E-state index contributed by atoms with van der Waals surface area (Å²) in [5, 5.41) is 6.99. The van der Waals surface area contributed by atoms with Crippen molar-refractivity contribution in [3.05, 3.63) is 53.3 Å². The minimum absolute atomic E-state index is 0.00987. The topological polar surface area (TPSA) is 74.3 Å². The number of fused-ring (bicyclic) bond motifs is 1. The summed E-state index contributed by atoms with van der Waals surface area (Å²) in [5.74, 6) is -0.246. The van der Waals surface area contributed by atoms with Crippen molar-refractivity contribution in [3.8, 4) is 11.1 Å². The van der Waals surface area contributed by atoms with Gasteiger partial charge in [0.1, 0.15) is 16.9 Å². The zero-order valence-electron chi connectivity index (χ0n) is 21.5. The van der Waals surface area contributed by atoms with E-state index in [-0.39, 0.29) is 35.6 Å². The summed E-state index contributed by atoms with van der Waals surface area (Å²) >= 11 is 1.60. The minimum Gasteiger partial charge on any atom is -0.343 e. The van der Waals surface area contributed by atoms with E-state index < -0.39 is 6.04 Å². The first-order chi connectivity index (χ1) is 18.0.